The fourth-order valence-electron chi connectivity index (χ4n) is 4.16. The summed E-state index contributed by atoms with van der Waals surface area (Å²) in [7, 11) is 0. The maximum absolute atomic E-state index is 4.60. The van der Waals surface area contributed by atoms with E-state index in [0.29, 0.717) is 0 Å². The lowest BCUT2D eigenvalue weighted by Crippen LogP contribution is -2.48. The molecule has 1 aromatic heterocycles. The number of rotatable bonds is 3. The van der Waals surface area contributed by atoms with Crippen molar-refractivity contribution >= 4 is 22.7 Å². The number of hydrogen-bond donors (Lipinski definition) is 0. The summed E-state index contributed by atoms with van der Waals surface area (Å²) < 4.78 is 0. The van der Waals surface area contributed by atoms with Crippen LogP contribution in [0.1, 0.15) is 32.1 Å². The van der Waals surface area contributed by atoms with E-state index in [1.54, 1.807) is 0 Å². The van der Waals surface area contributed by atoms with Crippen molar-refractivity contribution in [3.63, 3.8) is 0 Å². The molecule has 2 aliphatic rings. The zero-order valence-electron chi connectivity index (χ0n) is 13.1. The normalized spacial score (nSPS) is 26.0. The van der Waals surface area contributed by atoms with Gasteiger partial charge in [0, 0.05) is 28.3 Å². The van der Waals surface area contributed by atoms with Gasteiger partial charge in [-0.1, -0.05) is 24.6 Å². The predicted octanol–water partition coefficient (Wildman–Crippen LogP) is 4.59. The monoisotopic (exact) mass is 312 g/mol. The molecule has 0 spiro atoms. The van der Waals surface area contributed by atoms with Crippen molar-refractivity contribution in [2.45, 2.75) is 43.0 Å². The van der Waals surface area contributed by atoms with E-state index in [-0.39, 0.29) is 0 Å². The molecule has 2 aromatic rings. The van der Waals surface area contributed by atoms with Crippen LogP contribution in [-0.2, 0) is 0 Å². The molecule has 0 amide bonds. The number of pyridine rings is 1. The van der Waals surface area contributed by atoms with Crippen LogP contribution in [0.2, 0.25) is 0 Å². The van der Waals surface area contributed by atoms with E-state index in [4.69, 9.17) is 0 Å². The van der Waals surface area contributed by atoms with E-state index >= 15 is 0 Å². The van der Waals surface area contributed by atoms with Crippen LogP contribution in [0.25, 0.3) is 10.9 Å². The largest absolute Gasteiger partial charge is 0.300 e. The number of fused-ring (bicyclic) bond motifs is 2. The van der Waals surface area contributed by atoms with Gasteiger partial charge in [0.25, 0.3) is 0 Å². The lowest BCUT2D eigenvalue weighted by molar-refractivity contribution is 0.0693. The molecule has 2 aliphatic heterocycles. The first kappa shape index (κ1) is 14.5. The molecule has 2 atom stereocenters. The van der Waals surface area contributed by atoms with Gasteiger partial charge in [-0.3, -0.25) is 4.98 Å². The van der Waals surface area contributed by atoms with Gasteiger partial charge in [-0.15, -0.1) is 11.8 Å². The summed E-state index contributed by atoms with van der Waals surface area (Å²) in [6.07, 6.45) is 8.96. The van der Waals surface area contributed by atoms with Crippen molar-refractivity contribution in [3.8, 4) is 0 Å². The third-order valence-corrected chi connectivity index (χ3v) is 6.51. The van der Waals surface area contributed by atoms with E-state index in [0.717, 1.165) is 12.0 Å². The summed E-state index contributed by atoms with van der Waals surface area (Å²) in [5.74, 6) is 2.11. The Labute approximate surface area is 137 Å². The van der Waals surface area contributed by atoms with Gasteiger partial charge in [0.15, 0.2) is 0 Å². The molecule has 0 bridgehead atoms. The quantitative estimate of drug-likeness (QED) is 0.771. The van der Waals surface area contributed by atoms with E-state index in [9.17, 15) is 0 Å². The Kier molecular flexibility index (Phi) is 4.35. The van der Waals surface area contributed by atoms with Crippen LogP contribution in [-0.4, -0.2) is 34.8 Å². The van der Waals surface area contributed by atoms with Crippen molar-refractivity contribution in [1.29, 1.82) is 0 Å². The molecule has 0 unspecified atom stereocenters. The van der Waals surface area contributed by atoms with Crippen LogP contribution < -0.4 is 0 Å². The highest BCUT2D eigenvalue weighted by molar-refractivity contribution is 7.99. The number of thioether (sulfide) groups is 1. The minimum atomic E-state index is 0.845. The Morgan fingerprint density at radius 1 is 1.05 bits per heavy atom. The second-order valence-corrected chi connectivity index (χ2v) is 7.71. The molecule has 0 radical (unpaired) electrons. The molecular formula is C19H24N2S. The summed E-state index contributed by atoms with van der Waals surface area (Å²) >= 11 is 2.02. The fraction of sp³-hybridized carbons (Fsp3) is 0.526. The summed E-state index contributed by atoms with van der Waals surface area (Å²) in [6, 6.07) is 11.6. The molecule has 4 rings (SSSR count). The maximum Gasteiger partial charge on any atom is 0.0837 e. The smallest absolute Gasteiger partial charge is 0.0837 e. The Morgan fingerprint density at radius 3 is 2.95 bits per heavy atom. The lowest BCUT2D eigenvalue weighted by Gasteiger charge is -2.44. The molecule has 2 nitrogen and oxygen atoms in total. The number of para-hydroxylation sites is 1. The number of nitrogens with zero attached hydrogens (tertiary/aromatic N) is 2. The van der Waals surface area contributed by atoms with Gasteiger partial charge in [0.2, 0.25) is 0 Å². The molecule has 116 valence electrons. The standard InChI is InChI=1S/C19H24N2S/c1-2-12-21-13-5-8-16(17(21)9-1)14-22-18-10-3-6-15-7-4-11-20-19(15)18/h3-4,6-7,10-11,16-17H,1-2,5,8-9,12-14H2/t16-,17-/m0/s1. The molecular weight excluding hydrogens is 288 g/mol. The van der Waals surface area contributed by atoms with Crippen LogP contribution >= 0.6 is 11.8 Å². The van der Waals surface area contributed by atoms with E-state index < -0.39 is 0 Å². The second-order valence-electron chi connectivity index (χ2n) is 6.64. The van der Waals surface area contributed by atoms with Crippen LogP contribution in [0.4, 0.5) is 0 Å². The Hall–Kier alpha value is -1.06. The minimum Gasteiger partial charge on any atom is -0.300 e. The van der Waals surface area contributed by atoms with Crippen molar-refractivity contribution in [1.82, 2.24) is 9.88 Å². The zero-order valence-corrected chi connectivity index (χ0v) is 13.9. The first-order valence-electron chi connectivity index (χ1n) is 8.62. The van der Waals surface area contributed by atoms with Gasteiger partial charge in [-0.05, 0) is 56.8 Å². The summed E-state index contributed by atoms with van der Waals surface area (Å²) in [5, 5.41) is 1.26. The molecule has 3 heteroatoms. The number of hydrogen-bond acceptors (Lipinski definition) is 3. The highest BCUT2D eigenvalue weighted by Crippen LogP contribution is 2.35. The topological polar surface area (TPSA) is 16.1 Å². The lowest BCUT2D eigenvalue weighted by atomic mass is 9.85. The molecule has 2 fully saturated rings. The van der Waals surface area contributed by atoms with Gasteiger partial charge in [0.05, 0.1) is 5.52 Å². The molecule has 1 aromatic carbocycles. The minimum absolute atomic E-state index is 0.845. The molecule has 0 N–H and O–H groups in total. The van der Waals surface area contributed by atoms with Crippen molar-refractivity contribution in [2.75, 3.05) is 18.8 Å². The van der Waals surface area contributed by atoms with Gasteiger partial charge < -0.3 is 4.90 Å². The van der Waals surface area contributed by atoms with E-state index in [1.165, 1.54) is 66.7 Å². The predicted molar refractivity (Wildman–Crippen MR) is 94.4 cm³/mol. The third-order valence-electron chi connectivity index (χ3n) is 5.28. The summed E-state index contributed by atoms with van der Waals surface area (Å²) in [6.45, 7) is 2.67. The van der Waals surface area contributed by atoms with Crippen LogP contribution in [0.5, 0.6) is 0 Å². The van der Waals surface area contributed by atoms with Gasteiger partial charge in [0.1, 0.15) is 0 Å². The van der Waals surface area contributed by atoms with Crippen LogP contribution in [0.3, 0.4) is 0 Å². The average Bonchev–Trinajstić information content (AvgIpc) is 2.60. The Bertz CT molecular complexity index is 635. The van der Waals surface area contributed by atoms with Crippen molar-refractivity contribution in [3.05, 3.63) is 36.5 Å². The first-order chi connectivity index (χ1) is 10.9. The first-order valence-corrected chi connectivity index (χ1v) is 9.61. The third kappa shape index (κ3) is 2.89. The SMILES string of the molecule is c1cnc2c(SC[C@@H]3CCCN4CCCC[C@@H]34)cccc2c1. The molecule has 22 heavy (non-hydrogen) atoms. The fourth-order valence-corrected chi connectivity index (χ4v) is 5.43. The van der Waals surface area contributed by atoms with Crippen LogP contribution in [0, 0.1) is 5.92 Å². The zero-order chi connectivity index (χ0) is 14.8. The molecule has 3 heterocycles. The van der Waals surface area contributed by atoms with E-state index in [2.05, 4.69) is 34.1 Å². The highest BCUT2D eigenvalue weighted by Gasteiger charge is 2.32. The number of benzene rings is 1. The highest BCUT2D eigenvalue weighted by atomic mass is 32.2. The molecule has 0 aliphatic carbocycles. The van der Waals surface area contributed by atoms with Crippen LogP contribution in [0.15, 0.2) is 41.4 Å². The van der Waals surface area contributed by atoms with Crippen molar-refractivity contribution < 1.29 is 0 Å². The Balaban J connectivity index is 1.49. The van der Waals surface area contributed by atoms with Crippen molar-refractivity contribution in [2.24, 2.45) is 5.92 Å². The maximum atomic E-state index is 4.60. The average molecular weight is 312 g/mol. The molecule has 0 saturated carbocycles. The van der Waals surface area contributed by atoms with Gasteiger partial charge in [-0.2, -0.15) is 0 Å². The van der Waals surface area contributed by atoms with E-state index in [1.807, 2.05) is 24.0 Å². The van der Waals surface area contributed by atoms with Gasteiger partial charge in [-0.25, -0.2) is 0 Å². The Morgan fingerprint density at radius 2 is 1.95 bits per heavy atom. The van der Waals surface area contributed by atoms with Gasteiger partial charge >= 0.3 is 0 Å². The number of piperidine rings is 2. The summed E-state index contributed by atoms with van der Waals surface area (Å²) in [5.41, 5.74) is 1.17. The summed E-state index contributed by atoms with van der Waals surface area (Å²) in [4.78, 5) is 8.71. The number of aromatic nitrogens is 1. The second kappa shape index (κ2) is 6.59. The molecule has 2 saturated heterocycles.